The van der Waals surface area contributed by atoms with Crippen LogP contribution in [0.2, 0.25) is 0 Å². The summed E-state index contributed by atoms with van der Waals surface area (Å²) in [4.78, 5) is 12.3. The molecule has 4 N–H and O–H groups in total. The Bertz CT molecular complexity index is 853. The molecule has 116 valence electrons. The number of fused-ring (bicyclic) bond motifs is 1. The standard InChI is InChI=1S/C19H19N3O/c1-2-21-19(23)16-12-14(20)10-11-18(16)22-17-9-5-7-13-6-3-4-8-15(13)17/h3-12,22H,2,20H2,1H3,(H,21,23). The van der Waals surface area contributed by atoms with Gasteiger partial charge in [-0.2, -0.15) is 0 Å². The van der Waals surface area contributed by atoms with Gasteiger partial charge in [0, 0.05) is 23.3 Å². The molecule has 23 heavy (non-hydrogen) atoms. The van der Waals surface area contributed by atoms with E-state index in [2.05, 4.69) is 28.8 Å². The SMILES string of the molecule is CCNC(=O)c1cc(N)ccc1Nc1cccc2ccccc12. The van der Waals surface area contributed by atoms with E-state index in [-0.39, 0.29) is 5.91 Å². The summed E-state index contributed by atoms with van der Waals surface area (Å²) in [6.45, 7) is 2.46. The summed E-state index contributed by atoms with van der Waals surface area (Å²) in [7, 11) is 0. The third-order valence-electron chi connectivity index (χ3n) is 3.68. The van der Waals surface area contributed by atoms with Gasteiger partial charge in [-0.3, -0.25) is 4.79 Å². The van der Waals surface area contributed by atoms with Gasteiger partial charge in [0.15, 0.2) is 0 Å². The number of hydrogen-bond donors (Lipinski definition) is 3. The molecule has 0 saturated heterocycles. The van der Waals surface area contributed by atoms with Gasteiger partial charge < -0.3 is 16.4 Å². The highest BCUT2D eigenvalue weighted by Crippen LogP contribution is 2.28. The van der Waals surface area contributed by atoms with Gasteiger partial charge in [0.2, 0.25) is 0 Å². The van der Waals surface area contributed by atoms with Crippen molar-refractivity contribution in [2.75, 3.05) is 17.6 Å². The molecule has 0 bridgehead atoms. The molecule has 0 aliphatic rings. The predicted octanol–water partition coefficient (Wildman–Crippen LogP) is 3.92. The zero-order valence-corrected chi connectivity index (χ0v) is 13.0. The molecule has 0 radical (unpaired) electrons. The minimum absolute atomic E-state index is 0.137. The van der Waals surface area contributed by atoms with Crippen LogP contribution in [-0.2, 0) is 0 Å². The molecule has 4 heteroatoms. The Morgan fingerprint density at radius 2 is 1.78 bits per heavy atom. The molecule has 0 saturated carbocycles. The lowest BCUT2D eigenvalue weighted by Crippen LogP contribution is -2.23. The lowest BCUT2D eigenvalue weighted by atomic mass is 10.1. The molecule has 3 aromatic carbocycles. The average molecular weight is 305 g/mol. The minimum atomic E-state index is -0.137. The number of nitrogens with two attached hydrogens (primary N) is 1. The molecular formula is C19H19N3O. The van der Waals surface area contributed by atoms with E-state index in [1.54, 1.807) is 12.1 Å². The van der Waals surface area contributed by atoms with Crippen LogP contribution in [0.1, 0.15) is 17.3 Å². The topological polar surface area (TPSA) is 67.2 Å². The molecule has 3 rings (SSSR count). The molecule has 0 aliphatic carbocycles. The maximum Gasteiger partial charge on any atom is 0.253 e. The van der Waals surface area contributed by atoms with Crippen LogP contribution in [0.5, 0.6) is 0 Å². The van der Waals surface area contributed by atoms with Crippen molar-refractivity contribution in [3.63, 3.8) is 0 Å². The molecule has 0 aromatic heterocycles. The van der Waals surface area contributed by atoms with E-state index < -0.39 is 0 Å². The van der Waals surface area contributed by atoms with Gasteiger partial charge in [-0.15, -0.1) is 0 Å². The van der Waals surface area contributed by atoms with Crippen LogP contribution in [-0.4, -0.2) is 12.5 Å². The summed E-state index contributed by atoms with van der Waals surface area (Å²) in [6.07, 6.45) is 0. The first-order valence-corrected chi connectivity index (χ1v) is 7.61. The third-order valence-corrected chi connectivity index (χ3v) is 3.68. The van der Waals surface area contributed by atoms with Crippen LogP contribution in [0.15, 0.2) is 60.7 Å². The molecule has 0 spiro atoms. The highest BCUT2D eigenvalue weighted by molar-refractivity contribution is 6.03. The largest absolute Gasteiger partial charge is 0.399 e. The van der Waals surface area contributed by atoms with E-state index in [4.69, 9.17) is 5.73 Å². The average Bonchev–Trinajstić information content (AvgIpc) is 2.57. The summed E-state index contributed by atoms with van der Waals surface area (Å²) in [5.74, 6) is -0.137. The molecule has 0 atom stereocenters. The van der Waals surface area contributed by atoms with Crippen molar-refractivity contribution in [1.82, 2.24) is 5.32 Å². The monoisotopic (exact) mass is 305 g/mol. The first-order valence-electron chi connectivity index (χ1n) is 7.61. The van der Waals surface area contributed by atoms with Crippen LogP contribution in [0.25, 0.3) is 10.8 Å². The van der Waals surface area contributed by atoms with Crippen LogP contribution >= 0.6 is 0 Å². The Morgan fingerprint density at radius 1 is 1.00 bits per heavy atom. The number of carbonyl (C=O) groups is 1. The normalized spacial score (nSPS) is 10.5. The van der Waals surface area contributed by atoms with Crippen molar-refractivity contribution in [2.45, 2.75) is 6.92 Å². The van der Waals surface area contributed by atoms with Gasteiger partial charge in [0.05, 0.1) is 11.3 Å². The Hall–Kier alpha value is -3.01. The number of hydrogen-bond acceptors (Lipinski definition) is 3. The number of benzene rings is 3. The number of nitrogens with one attached hydrogen (secondary N) is 2. The molecule has 0 unspecified atom stereocenters. The van der Waals surface area contributed by atoms with E-state index >= 15 is 0 Å². The van der Waals surface area contributed by atoms with Gasteiger partial charge >= 0.3 is 0 Å². The van der Waals surface area contributed by atoms with Gasteiger partial charge in [-0.25, -0.2) is 0 Å². The Balaban J connectivity index is 2.04. The van der Waals surface area contributed by atoms with Crippen LogP contribution in [0.3, 0.4) is 0 Å². The fourth-order valence-electron chi connectivity index (χ4n) is 2.59. The summed E-state index contributed by atoms with van der Waals surface area (Å²) in [5.41, 5.74) is 8.64. The van der Waals surface area contributed by atoms with Crippen molar-refractivity contribution >= 4 is 33.7 Å². The Kier molecular flexibility index (Phi) is 4.15. The van der Waals surface area contributed by atoms with E-state index in [9.17, 15) is 4.79 Å². The van der Waals surface area contributed by atoms with Crippen molar-refractivity contribution in [2.24, 2.45) is 0 Å². The minimum Gasteiger partial charge on any atom is -0.399 e. The van der Waals surface area contributed by atoms with Crippen molar-refractivity contribution in [1.29, 1.82) is 0 Å². The summed E-state index contributed by atoms with van der Waals surface area (Å²) < 4.78 is 0. The molecule has 4 nitrogen and oxygen atoms in total. The van der Waals surface area contributed by atoms with Crippen LogP contribution < -0.4 is 16.4 Å². The maximum absolute atomic E-state index is 12.3. The highest BCUT2D eigenvalue weighted by atomic mass is 16.1. The molecule has 1 amide bonds. The van der Waals surface area contributed by atoms with Gasteiger partial charge in [-0.05, 0) is 36.6 Å². The number of carbonyl (C=O) groups excluding carboxylic acids is 1. The molecular weight excluding hydrogens is 286 g/mol. The van der Waals surface area contributed by atoms with Gasteiger partial charge in [0.25, 0.3) is 5.91 Å². The zero-order valence-electron chi connectivity index (χ0n) is 13.0. The lowest BCUT2D eigenvalue weighted by Gasteiger charge is -2.14. The van der Waals surface area contributed by atoms with Gasteiger partial charge in [-0.1, -0.05) is 36.4 Å². The van der Waals surface area contributed by atoms with E-state index in [1.807, 2.05) is 37.3 Å². The predicted molar refractivity (Wildman–Crippen MR) is 96.1 cm³/mol. The second kappa shape index (κ2) is 6.40. The number of rotatable bonds is 4. The van der Waals surface area contributed by atoms with Crippen LogP contribution in [0.4, 0.5) is 17.1 Å². The van der Waals surface area contributed by atoms with Crippen molar-refractivity contribution in [3.05, 3.63) is 66.2 Å². The summed E-state index contributed by atoms with van der Waals surface area (Å²) in [6, 6.07) is 19.5. The fourth-order valence-corrected chi connectivity index (χ4v) is 2.59. The van der Waals surface area contributed by atoms with Crippen molar-refractivity contribution in [3.8, 4) is 0 Å². The smallest absolute Gasteiger partial charge is 0.253 e. The molecule has 3 aromatic rings. The van der Waals surface area contributed by atoms with E-state index in [0.29, 0.717) is 17.8 Å². The highest BCUT2D eigenvalue weighted by Gasteiger charge is 2.12. The quantitative estimate of drug-likeness (QED) is 0.640. The number of nitrogen functional groups attached to an aromatic ring is 1. The Labute approximate surface area is 135 Å². The van der Waals surface area contributed by atoms with E-state index in [0.717, 1.165) is 22.1 Å². The summed E-state index contributed by atoms with van der Waals surface area (Å²) in [5, 5.41) is 8.43. The molecule has 0 heterocycles. The Morgan fingerprint density at radius 3 is 2.61 bits per heavy atom. The zero-order chi connectivity index (χ0) is 16.2. The number of anilines is 3. The summed E-state index contributed by atoms with van der Waals surface area (Å²) >= 11 is 0. The van der Waals surface area contributed by atoms with Gasteiger partial charge in [0.1, 0.15) is 0 Å². The molecule has 0 fully saturated rings. The fraction of sp³-hybridized carbons (Fsp3) is 0.105. The third kappa shape index (κ3) is 3.11. The van der Waals surface area contributed by atoms with Crippen LogP contribution in [0, 0.1) is 0 Å². The second-order valence-electron chi connectivity index (χ2n) is 5.32. The first-order chi connectivity index (χ1) is 11.2. The first kappa shape index (κ1) is 14.9. The van der Waals surface area contributed by atoms with E-state index in [1.165, 1.54) is 0 Å². The number of amides is 1. The second-order valence-corrected chi connectivity index (χ2v) is 5.32. The molecule has 0 aliphatic heterocycles. The lowest BCUT2D eigenvalue weighted by molar-refractivity contribution is 0.0956. The maximum atomic E-state index is 12.3. The van der Waals surface area contributed by atoms with Crippen molar-refractivity contribution < 1.29 is 4.79 Å².